The molecule has 0 saturated carbocycles. The summed E-state index contributed by atoms with van der Waals surface area (Å²) in [6.45, 7) is 1.17. The third-order valence-electron chi connectivity index (χ3n) is 2.47. The van der Waals surface area contributed by atoms with Gasteiger partial charge in [0.15, 0.2) is 0 Å². The lowest BCUT2D eigenvalue weighted by molar-refractivity contribution is -0.116. The highest BCUT2D eigenvalue weighted by atomic mass is 32.2. The highest BCUT2D eigenvalue weighted by Crippen LogP contribution is 2.11. The maximum absolute atomic E-state index is 11.5. The Bertz CT molecular complexity index is 579. The summed E-state index contributed by atoms with van der Waals surface area (Å²) in [5.41, 5.74) is 1.29. The molecule has 0 aromatic heterocycles. The van der Waals surface area contributed by atoms with Crippen LogP contribution >= 0.6 is 0 Å². The van der Waals surface area contributed by atoms with E-state index in [4.69, 9.17) is 4.74 Å². The average molecular weight is 312 g/mol. The number of methoxy groups -OCH3 is 1. The van der Waals surface area contributed by atoms with Gasteiger partial charge in [-0.1, -0.05) is 12.1 Å². The number of ether oxygens (including phenoxy) is 1. The van der Waals surface area contributed by atoms with Crippen molar-refractivity contribution >= 4 is 27.7 Å². The smallest absolute Gasteiger partial charge is 0.244 e. The van der Waals surface area contributed by atoms with E-state index in [2.05, 4.69) is 10.0 Å². The lowest BCUT2D eigenvalue weighted by Crippen LogP contribution is -2.22. The summed E-state index contributed by atoms with van der Waals surface area (Å²) in [5.74, 6) is -0.176. The largest absolute Gasteiger partial charge is 0.385 e. The molecular weight excluding hydrogens is 292 g/mol. The molecule has 1 aromatic carbocycles. The Morgan fingerprint density at radius 2 is 1.95 bits per heavy atom. The van der Waals surface area contributed by atoms with E-state index < -0.39 is 10.0 Å². The first-order valence-electron chi connectivity index (χ1n) is 6.43. The van der Waals surface area contributed by atoms with E-state index in [9.17, 15) is 13.2 Å². The van der Waals surface area contributed by atoms with Gasteiger partial charge in [0, 0.05) is 32.0 Å². The van der Waals surface area contributed by atoms with Crippen LogP contribution in [0.4, 0.5) is 5.69 Å². The van der Waals surface area contributed by atoms with Crippen LogP contribution in [-0.2, 0) is 19.6 Å². The van der Waals surface area contributed by atoms with Gasteiger partial charge in [-0.15, -0.1) is 0 Å². The predicted octanol–water partition coefficient (Wildman–Crippen LogP) is 1.22. The quantitative estimate of drug-likeness (QED) is 0.558. The van der Waals surface area contributed by atoms with Gasteiger partial charge in [-0.2, -0.15) is 0 Å². The molecule has 2 N–H and O–H groups in total. The van der Waals surface area contributed by atoms with Crippen LogP contribution in [0.25, 0.3) is 6.08 Å². The summed E-state index contributed by atoms with van der Waals surface area (Å²) in [5, 5.41) is 2.73. The Balaban J connectivity index is 2.47. The van der Waals surface area contributed by atoms with Crippen molar-refractivity contribution in [3.05, 3.63) is 35.9 Å². The summed E-state index contributed by atoms with van der Waals surface area (Å²) in [7, 11) is -1.66. The van der Waals surface area contributed by atoms with E-state index in [-0.39, 0.29) is 5.91 Å². The average Bonchev–Trinajstić information content (AvgIpc) is 2.41. The number of hydrogen-bond acceptors (Lipinski definition) is 4. The lowest BCUT2D eigenvalue weighted by atomic mass is 10.2. The molecule has 0 bridgehead atoms. The van der Waals surface area contributed by atoms with E-state index in [1.807, 2.05) is 0 Å². The molecule has 0 aliphatic carbocycles. The minimum atomic E-state index is -3.27. The van der Waals surface area contributed by atoms with Crippen LogP contribution in [0.15, 0.2) is 30.3 Å². The molecule has 1 rings (SSSR count). The normalized spacial score (nSPS) is 11.5. The van der Waals surface area contributed by atoms with E-state index in [0.717, 1.165) is 18.2 Å². The third kappa shape index (κ3) is 8.11. The monoisotopic (exact) mass is 312 g/mol. The zero-order chi connectivity index (χ0) is 15.7. The SMILES string of the molecule is COCCCNC(=O)/C=C/c1ccc(NS(C)(=O)=O)cc1. The lowest BCUT2D eigenvalue weighted by Gasteiger charge is -2.03. The van der Waals surface area contributed by atoms with Crippen LogP contribution in [-0.4, -0.2) is 40.8 Å². The number of carbonyl (C=O) groups excluding carboxylic acids is 1. The first-order valence-corrected chi connectivity index (χ1v) is 8.32. The zero-order valence-corrected chi connectivity index (χ0v) is 12.9. The van der Waals surface area contributed by atoms with Crippen LogP contribution in [0.1, 0.15) is 12.0 Å². The fourth-order valence-corrected chi connectivity index (χ4v) is 2.10. The maximum Gasteiger partial charge on any atom is 0.244 e. The summed E-state index contributed by atoms with van der Waals surface area (Å²) in [6, 6.07) is 6.72. The number of rotatable bonds is 8. The molecule has 0 radical (unpaired) electrons. The highest BCUT2D eigenvalue weighted by molar-refractivity contribution is 7.92. The molecule has 116 valence electrons. The van der Waals surface area contributed by atoms with Crippen molar-refractivity contribution in [1.82, 2.24) is 5.32 Å². The Morgan fingerprint density at radius 1 is 1.29 bits per heavy atom. The molecule has 21 heavy (non-hydrogen) atoms. The molecule has 0 heterocycles. The summed E-state index contributed by atoms with van der Waals surface area (Å²) < 4.78 is 29.4. The van der Waals surface area contributed by atoms with Crippen molar-refractivity contribution in [1.29, 1.82) is 0 Å². The van der Waals surface area contributed by atoms with Gasteiger partial charge in [-0.05, 0) is 30.2 Å². The third-order valence-corrected chi connectivity index (χ3v) is 3.07. The number of hydrogen-bond donors (Lipinski definition) is 2. The fraction of sp³-hybridized carbons (Fsp3) is 0.357. The number of amides is 1. The minimum absolute atomic E-state index is 0.176. The Hall–Kier alpha value is -1.86. The topological polar surface area (TPSA) is 84.5 Å². The molecule has 0 saturated heterocycles. The van der Waals surface area contributed by atoms with Gasteiger partial charge in [0.1, 0.15) is 0 Å². The number of benzene rings is 1. The van der Waals surface area contributed by atoms with Gasteiger partial charge in [0.05, 0.1) is 6.26 Å². The van der Waals surface area contributed by atoms with Gasteiger partial charge < -0.3 is 10.1 Å². The predicted molar refractivity (Wildman–Crippen MR) is 83.4 cm³/mol. The standard InChI is InChI=1S/C14H20N2O4S/c1-20-11-3-10-15-14(17)9-6-12-4-7-13(8-5-12)16-21(2,18)19/h4-9,16H,3,10-11H2,1-2H3,(H,15,17)/b9-6+. The molecule has 0 aliphatic heterocycles. The first-order chi connectivity index (χ1) is 9.90. The second-order valence-electron chi connectivity index (χ2n) is 4.47. The molecule has 1 aromatic rings. The van der Waals surface area contributed by atoms with Crippen molar-refractivity contribution in [2.24, 2.45) is 0 Å². The molecule has 0 fully saturated rings. The summed E-state index contributed by atoms with van der Waals surface area (Å²) in [4.78, 5) is 11.5. The maximum atomic E-state index is 11.5. The van der Waals surface area contributed by atoms with Gasteiger partial charge in [0.25, 0.3) is 0 Å². The van der Waals surface area contributed by atoms with Gasteiger partial charge in [-0.25, -0.2) is 8.42 Å². The van der Waals surface area contributed by atoms with Crippen LogP contribution < -0.4 is 10.0 Å². The first kappa shape index (κ1) is 17.2. The van der Waals surface area contributed by atoms with Crippen molar-refractivity contribution in [2.45, 2.75) is 6.42 Å². The van der Waals surface area contributed by atoms with Crippen LogP contribution in [0, 0.1) is 0 Å². The Morgan fingerprint density at radius 3 is 2.52 bits per heavy atom. The van der Waals surface area contributed by atoms with E-state index in [1.54, 1.807) is 37.5 Å². The van der Waals surface area contributed by atoms with Crippen molar-refractivity contribution in [3.63, 3.8) is 0 Å². The summed E-state index contributed by atoms with van der Waals surface area (Å²) in [6.07, 6.45) is 4.96. The molecule has 0 unspecified atom stereocenters. The van der Waals surface area contributed by atoms with Crippen molar-refractivity contribution in [2.75, 3.05) is 31.2 Å². The van der Waals surface area contributed by atoms with Gasteiger partial charge in [0.2, 0.25) is 15.9 Å². The molecular formula is C14H20N2O4S. The van der Waals surface area contributed by atoms with Gasteiger partial charge >= 0.3 is 0 Å². The van der Waals surface area contributed by atoms with Crippen LogP contribution in [0.5, 0.6) is 0 Å². The van der Waals surface area contributed by atoms with Crippen LogP contribution in [0.2, 0.25) is 0 Å². The molecule has 7 heteroatoms. The second-order valence-corrected chi connectivity index (χ2v) is 6.22. The summed E-state index contributed by atoms with van der Waals surface area (Å²) >= 11 is 0. The molecule has 0 atom stereocenters. The zero-order valence-electron chi connectivity index (χ0n) is 12.1. The number of sulfonamides is 1. The minimum Gasteiger partial charge on any atom is -0.385 e. The van der Waals surface area contributed by atoms with E-state index >= 15 is 0 Å². The van der Waals surface area contributed by atoms with E-state index in [0.29, 0.717) is 18.8 Å². The molecule has 1 amide bonds. The Kier molecular flexibility index (Phi) is 6.90. The van der Waals surface area contributed by atoms with Gasteiger partial charge in [-0.3, -0.25) is 9.52 Å². The van der Waals surface area contributed by atoms with Crippen molar-refractivity contribution in [3.8, 4) is 0 Å². The molecule has 0 spiro atoms. The van der Waals surface area contributed by atoms with Crippen LogP contribution in [0.3, 0.4) is 0 Å². The highest BCUT2D eigenvalue weighted by Gasteiger charge is 2.00. The van der Waals surface area contributed by atoms with Crippen molar-refractivity contribution < 1.29 is 17.9 Å². The van der Waals surface area contributed by atoms with E-state index in [1.165, 1.54) is 6.08 Å². The Labute approximate surface area is 125 Å². The number of anilines is 1. The second kappa shape index (κ2) is 8.43. The number of nitrogens with one attached hydrogen (secondary N) is 2. The molecule has 6 nitrogen and oxygen atoms in total. The fourth-order valence-electron chi connectivity index (χ4n) is 1.54. The number of carbonyl (C=O) groups is 1. The molecule has 0 aliphatic rings.